The predicted octanol–water partition coefficient (Wildman–Crippen LogP) is 6.89. The summed E-state index contributed by atoms with van der Waals surface area (Å²) >= 11 is 0. The smallest absolute Gasteiger partial charge is 0.308 e. The Morgan fingerprint density at radius 1 is 0.759 bits per heavy atom. The molecule has 2 atom stereocenters. The molecule has 0 aromatic carbocycles. The van der Waals surface area contributed by atoms with E-state index < -0.39 is 0 Å². The molecular weight excluding hydrogens is 364 g/mol. The fraction of sp³-hybridized carbons (Fsp3) is 0.760. The number of hydrogen-bond donors (Lipinski definition) is 0. The largest absolute Gasteiger partial charge is 0.468 e. The van der Waals surface area contributed by atoms with Gasteiger partial charge in [0, 0.05) is 0 Å². The van der Waals surface area contributed by atoms with Crippen molar-refractivity contribution in [1.82, 2.24) is 0 Å². The minimum Gasteiger partial charge on any atom is -0.468 e. The summed E-state index contributed by atoms with van der Waals surface area (Å²) in [5.41, 5.74) is 2.75. The van der Waals surface area contributed by atoms with Crippen LogP contribution in [0.15, 0.2) is 23.3 Å². The standard InChI is InChI=1S/C14H26O2.C11H20O2/c1-11(2)7-6-8-13(5)9-10-16-14(15)12(3)4;1-10(2)5-4-6-11(3)7-8-13-9-12/h7,12-13H,6,8-10H2,1-5H3;5,9,11H,4,6-8H2,1-3H3. The molecular formula is C25H46O4. The van der Waals surface area contributed by atoms with Crippen molar-refractivity contribution < 1.29 is 19.1 Å². The lowest BCUT2D eigenvalue weighted by molar-refractivity contribution is -0.147. The Balaban J connectivity index is 0. The number of ether oxygens (including phenoxy) is 2. The molecule has 0 heterocycles. The minimum absolute atomic E-state index is 0.0130. The van der Waals surface area contributed by atoms with Crippen molar-refractivity contribution >= 4 is 12.4 Å². The summed E-state index contributed by atoms with van der Waals surface area (Å²) in [4.78, 5) is 21.1. The second-order valence-corrected chi connectivity index (χ2v) is 8.79. The molecule has 0 aliphatic heterocycles. The van der Waals surface area contributed by atoms with Crippen LogP contribution in [0.5, 0.6) is 0 Å². The van der Waals surface area contributed by atoms with Crippen LogP contribution in [0.2, 0.25) is 0 Å². The van der Waals surface area contributed by atoms with E-state index in [1.807, 2.05) is 13.8 Å². The first-order valence-corrected chi connectivity index (χ1v) is 11.1. The van der Waals surface area contributed by atoms with Crippen LogP contribution in [0.3, 0.4) is 0 Å². The van der Waals surface area contributed by atoms with E-state index in [1.54, 1.807) is 0 Å². The molecule has 0 saturated heterocycles. The topological polar surface area (TPSA) is 52.6 Å². The molecule has 0 fully saturated rings. The van der Waals surface area contributed by atoms with Crippen molar-refractivity contribution in [3.63, 3.8) is 0 Å². The highest BCUT2D eigenvalue weighted by Gasteiger charge is 2.09. The third kappa shape index (κ3) is 24.4. The van der Waals surface area contributed by atoms with Gasteiger partial charge in [-0.15, -0.1) is 0 Å². The number of esters is 1. The Morgan fingerprint density at radius 3 is 1.59 bits per heavy atom. The third-order valence-electron chi connectivity index (χ3n) is 4.55. The van der Waals surface area contributed by atoms with Crippen LogP contribution in [0.25, 0.3) is 0 Å². The molecule has 2 unspecified atom stereocenters. The zero-order valence-corrected chi connectivity index (χ0v) is 20.3. The molecule has 0 amide bonds. The Bertz CT molecular complexity index is 469. The van der Waals surface area contributed by atoms with E-state index in [0.29, 0.717) is 31.5 Å². The number of rotatable bonds is 14. The Labute approximate surface area is 180 Å². The first-order valence-electron chi connectivity index (χ1n) is 11.1. The maximum Gasteiger partial charge on any atom is 0.308 e. The highest BCUT2D eigenvalue weighted by atomic mass is 16.5. The SMILES string of the molecule is CC(C)=CCCC(C)CCOC(=O)C(C)C.CC(C)=CCCC(C)CCOC=O. The quantitative estimate of drug-likeness (QED) is 0.135. The van der Waals surface area contributed by atoms with Gasteiger partial charge in [-0.05, 0) is 78.1 Å². The van der Waals surface area contributed by atoms with E-state index in [4.69, 9.17) is 4.74 Å². The summed E-state index contributed by atoms with van der Waals surface area (Å²) < 4.78 is 9.78. The van der Waals surface area contributed by atoms with Crippen molar-refractivity contribution in [1.29, 1.82) is 0 Å². The maximum atomic E-state index is 11.2. The predicted molar refractivity (Wildman–Crippen MR) is 123 cm³/mol. The molecule has 0 aliphatic carbocycles. The van der Waals surface area contributed by atoms with Gasteiger partial charge >= 0.3 is 5.97 Å². The Morgan fingerprint density at radius 2 is 1.21 bits per heavy atom. The van der Waals surface area contributed by atoms with E-state index in [1.165, 1.54) is 24.0 Å². The zero-order chi connectivity index (χ0) is 22.7. The van der Waals surface area contributed by atoms with E-state index >= 15 is 0 Å². The van der Waals surface area contributed by atoms with Gasteiger partial charge < -0.3 is 9.47 Å². The molecule has 0 spiro atoms. The molecule has 0 aromatic heterocycles. The van der Waals surface area contributed by atoms with Crippen molar-refractivity contribution in [3.8, 4) is 0 Å². The van der Waals surface area contributed by atoms with Crippen molar-refractivity contribution in [2.75, 3.05) is 13.2 Å². The number of carbonyl (C=O) groups excluding carboxylic acids is 2. The van der Waals surface area contributed by atoms with Gasteiger partial charge in [-0.2, -0.15) is 0 Å². The first-order chi connectivity index (χ1) is 13.6. The van der Waals surface area contributed by atoms with E-state index in [0.717, 1.165) is 25.7 Å². The van der Waals surface area contributed by atoms with E-state index in [2.05, 4.69) is 58.4 Å². The Hall–Kier alpha value is -1.58. The highest BCUT2D eigenvalue weighted by molar-refractivity contribution is 5.71. The van der Waals surface area contributed by atoms with Gasteiger partial charge in [0.2, 0.25) is 0 Å². The average molecular weight is 411 g/mol. The summed E-state index contributed by atoms with van der Waals surface area (Å²) in [5, 5.41) is 0. The van der Waals surface area contributed by atoms with Gasteiger partial charge in [0.1, 0.15) is 0 Å². The van der Waals surface area contributed by atoms with Crippen LogP contribution in [-0.2, 0) is 19.1 Å². The molecule has 0 aromatic rings. The van der Waals surface area contributed by atoms with Crippen molar-refractivity contribution in [2.24, 2.45) is 17.8 Å². The number of carbonyl (C=O) groups is 2. The van der Waals surface area contributed by atoms with Gasteiger partial charge in [0.25, 0.3) is 6.47 Å². The second kappa shape index (κ2) is 19.7. The zero-order valence-electron chi connectivity index (χ0n) is 20.3. The lowest BCUT2D eigenvalue weighted by Gasteiger charge is -2.11. The fourth-order valence-corrected chi connectivity index (χ4v) is 2.45. The summed E-state index contributed by atoms with van der Waals surface area (Å²) in [6.45, 7) is 18.2. The van der Waals surface area contributed by atoms with Crippen molar-refractivity contribution in [2.45, 2.75) is 93.9 Å². The summed E-state index contributed by atoms with van der Waals surface area (Å²) in [6, 6.07) is 0. The third-order valence-corrected chi connectivity index (χ3v) is 4.55. The van der Waals surface area contributed by atoms with Crippen LogP contribution in [-0.4, -0.2) is 25.7 Å². The summed E-state index contributed by atoms with van der Waals surface area (Å²) in [7, 11) is 0. The monoisotopic (exact) mass is 410 g/mol. The van der Waals surface area contributed by atoms with Crippen LogP contribution in [0.4, 0.5) is 0 Å². The molecule has 4 heteroatoms. The fourth-order valence-electron chi connectivity index (χ4n) is 2.45. The molecule has 0 N–H and O–H groups in total. The van der Waals surface area contributed by atoms with E-state index in [-0.39, 0.29) is 11.9 Å². The normalized spacial score (nSPS) is 12.2. The van der Waals surface area contributed by atoms with E-state index in [9.17, 15) is 9.59 Å². The molecule has 0 rings (SSSR count). The minimum atomic E-state index is -0.0866. The molecule has 170 valence electrons. The molecule has 4 nitrogen and oxygen atoms in total. The van der Waals surface area contributed by atoms with Gasteiger partial charge in [-0.25, -0.2) is 0 Å². The summed E-state index contributed by atoms with van der Waals surface area (Å²) in [6.07, 6.45) is 11.0. The lowest BCUT2D eigenvalue weighted by Crippen LogP contribution is -2.13. The van der Waals surface area contributed by atoms with Crippen LogP contribution in [0.1, 0.15) is 93.9 Å². The molecule has 0 radical (unpaired) electrons. The second-order valence-electron chi connectivity index (χ2n) is 8.79. The molecule has 29 heavy (non-hydrogen) atoms. The summed E-state index contributed by atoms with van der Waals surface area (Å²) in [5.74, 6) is 1.16. The lowest BCUT2D eigenvalue weighted by atomic mass is 10.0. The van der Waals surface area contributed by atoms with Crippen LogP contribution < -0.4 is 0 Å². The first kappa shape index (κ1) is 29.6. The van der Waals surface area contributed by atoms with Crippen LogP contribution >= 0.6 is 0 Å². The van der Waals surface area contributed by atoms with Gasteiger partial charge in [-0.3, -0.25) is 9.59 Å². The highest BCUT2D eigenvalue weighted by Crippen LogP contribution is 2.12. The van der Waals surface area contributed by atoms with Crippen LogP contribution in [0, 0.1) is 17.8 Å². The average Bonchev–Trinajstić information content (AvgIpc) is 2.61. The van der Waals surface area contributed by atoms with Gasteiger partial charge in [0.05, 0.1) is 19.1 Å². The Kier molecular flexibility index (Phi) is 20.1. The molecule has 0 saturated carbocycles. The van der Waals surface area contributed by atoms with Crippen molar-refractivity contribution in [3.05, 3.63) is 23.3 Å². The number of allylic oxidation sites excluding steroid dienone is 4. The molecule has 0 bridgehead atoms. The molecule has 0 aliphatic rings. The number of hydrogen-bond acceptors (Lipinski definition) is 4. The maximum absolute atomic E-state index is 11.2. The van der Waals surface area contributed by atoms with Gasteiger partial charge in [0.15, 0.2) is 0 Å². The van der Waals surface area contributed by atoms with Gasteiger partial charge in [-0.1, -0.05) is 51.0 Å².